The van der Waals surface area contributed by atoms with Gasteiger partial charge in [0, 0.05) is 0 Å². The molecular formula is C25H23NO10. The van der Waals surface area contributed by atoms with E-state index in [9.17, 15) is 24.3 Å². The molecule has 0 aliphatic heterocycles. The lowest BCUT2D eigenvalue weighted by molar-refractivity contribution is -0.159. The summed E-state index contributed by atoms with van der Waals surface area (Å²) >= 11 is 0. The molecule has 0 aliphatic rings. The number of carbonyl (C=O) groups is 4. The van der Waals surface area contributed by atoms with Gasteiger partial charge in [-0.3, -0.25) is 4.79 Å². The monoisotopic (exact) mass is 497 g/mol. The van der Waals surface area contributed by atoms with Gasteiger partial charge in [0.25, 0.3) is 5.91 Å². The van der Waals surface area contributed by atoms with Crippen molar-refractivity contribution >= 4 is 23.8 Å². The molecule has 188 valence electrons. The van der Waals surface area contributed by atoms with Crippen molar-refractivity contribution < 1.29 is 47.6 Å². The third kappa shape index (κ3) is 6.63. The predicted octanol–water partition coefficient (Wildman–Crippen LogP) is 2.45. The molecule has 0 unspecified atom stereocenters. The van der Waals surface area contributed by atoms with Crippen LogP contribution in [0.2, 0.25) is 0 Å². The molecular weight excluding hydrogens is 474 g/mol. The SMILES string of the molecule is COc1cccc(C(=O)O[C@H](C(=O)O)[C@@H](OC(=O)c2cccc(OC)c2)C(=O)NCc2ccco2)c1. The van der Waals surface area contributed by atoms with Crippen LogP contribution >= 0.6 is 0 Å². The van der Waals surface area contributed by atoms with Crippen molar-refractivity contribution in [2.75, 3.05) is 14.2 Å². The summed E-state index contributed by atoms with van der Waals surface area (Å²) in [6.45, 7) is -0.130. The van der Waals surface area contributed by atoms with Gasteiger partial charge in [-0.2, -0.15) is 0 Å². The van der Waals surface area contributed by atoms with E-state index in [4.69, 9.17) is 23.4 Å². The predicted molar refractivity (Wildman–Crippen MR) is 123 cm³/mol. The van der Waals surface area contributed by atoms with Crippen LogP contribution < -0.4 is 14.8 Å². The zero-order valence-corrected chi connectivity index (χ0v) is 19.3. The van der Waals surface area contributed by atoms with Crippen LogP contribution in [0.25, 0.3) is 0 Å². The first kappa shape index (κ1) is 25.8. The molecule has 0 aliphatic carbocycles. The number of benzene rings is 2. The average molecular weight is 497 g/mol. The normalized spacial score (nSPS) is 12.1. The van der Waals surface area contributed by atoms with Crippen LogP contribution in [0.3, 0.4) is 0 Å². The van der Waals surface area contributed by atoms with E-state index in [1.165, 1.54) is 56.9 Å². The number of rotatable bonds is 11. The standard InChI is InChI=1S/C25H23NO10/c1-32-17-8-3-6-15(12-17)24(30)35-20(22(27)26-14-19-10-5-11-34-19)21(23(28)29)36-25(31)16-7-4-9-18(13-16)33-2/h3-13,20-21H,14H2,1-2H3,(H,26,27)(H,28,29)/t20-,21+/m1/s1. The quantitative estimate of drug-likeness (QED) is 0.378. The molecule has 11 heteroatoms. The van der Waals surface area contributed by atoms with E-state index in [0.29, 0.717) is 17.3 Å². The molecule has 1 heterocycles. The molecule has 0 radical (unpaired) electrons. The van der Waals surface area contributed by atoms with Gasteiger partial charge in [-0.15, -0.1) is 0 Å². The van der Waals surface area contributed by atoms with Crippen LogP contribution in [0.15, 0.2) is 71.3 Å². The molecule has 3 rings (SSSR count). The van der Waals surface area contributed by atoms with Gasteiger partial charge in [0.05, 0.1) is 38.2 Å². The Bertz CT molecular complexity index is 1220. The highest BCUT2D eigenvalue weighted by Gasteiger charge is 2.41. The number of methoxy groups -OCH3 is 2. The molecule has 0 fully saturated rings. The maximum absolute atomic E-state index is 13.0. The lowest BCUT2D eigenvalue weighted by Crippen LogP contribution is -2.50. The minimum Gasteiger partial charge on any atom is -0.497 e. The van der Waals surface area contributed by atoms with Gasteiger partial charge in [-0.05, 0) is 48.5 Å². The van der Waals surface area contributed by atoms with Crippen molar-refractivity contribution in [2.24, 2.45) is 0 Å². The third-order valence-electron chi connectivity index (χ3n) is 4.87. The second-order valence-electron chi connectivity index (χ2n) is 7.25. The van der Waals surface area contributed by atoms with Crippen LogP contribution in [0.5, 0.6) is 11.5 Å². The van der Waals surface area contributed by atoms with E-state index in [-0.39, 0.29) is 17.7 Å². The Balaban J connectivity index is 1.87. The Kier molecular flexibility index (Phi) is 8.65. The first-order valence-electron chi connectivity index (χ1n) is 10.6. The van der Waals surface area contributed by atoms with Crippen molar-refractivity contribution in [2.45, 2.75) is 18.8 Å². The number of amides is 1. The topological polar surface area (TPSA) is 151 Å². The fraction of sp³-hybridized carbons (Fsp3) is 0.200. The number of esters is 2. The lowest BCUT2D eigenvalue weighted by Gasteiger charge is -2.23. The molecule has 11 nitrogen and oxygen atoms in total. The summed E-state index contributed by atoms with van der Waals surface area (Å²) in [4.78, 5) is 50.5. The molecule has 0 saturated heterocycles. The van der Waals surface area contributed by atoms with Crippen molar-refractivity contribution in [3.8, 4) is 11.5 Å². The summed E-state index contributed by atoms with van der Waals surface area (Å²) in [5, 5.41) is 12.2. The second-order valence-corrected chi connectivity index (χ2v) is 7.25. The molecule has 1 aromatic heterocycles. The average Bonchev–Trinajstić information content (AvgIpc) is 3.42. The van der Waals surface area contributed by atoms with Crippen LogP contribution in [0, 0.1) is 0 Å². The number of aliphatic carboxylic acids is 1. The fourth-order valence-corrected chi connectivity index (χ4v) is 3.05. The van der Waals surface area contributed by atoms with Crippen molar-refractivity contribution in [1.29, 1.82) is 0 Å². The van der Waals surface area contributed by atoms with Gasteiger partial charge >= 0.3 is 17.9 Å². The smallest absolute Gasteiger partial charge is 0.349 e. The van der Waals surface area contributed by atoms with Crippen LogP contribution in [0.4, 0.5) is 0 Å². The number of carbonyl (C=O) groups excluding carboxylic acids is 3. The van der Waals surface area contributed by atoms with Gasteiger partial charge in [-0.25, -0.2) is 14.4 Å². The van der Waals surface area contributed by atoms with Crippen LogP contribution in [-0.4, -0.2) is 55.3 Å². The van der Waals surface area contributed by atoms with E-state index in [1.54, 1.807) is 24.3 Å². The number of carboxylic acids is 1. The van der Waals surface area contributed by atoms with Gasteiger partial charge < -0.3 is 33.8 Å². The van der Waals surface area contributed by atoms with Gasteiger partial charge in [-0.1, -0.05) is 12.1 Å². The maximum Gasteiger partial charge on any atom is 0.349 e. The van der Waals surface area contributed by atoms with Gasteiger partial charge in [0.1, 0.15) is 17.3 Å². The molecule has 2 aromatic carbocycles. The summed E-state index contributed by atoms with van der Waals surface area (Å²) in [6.07, 6.45) is -2.82. The minimum atomic E-state index is -2.17. The molecule has 3 aromatic rings. The summed E-state index contributed by atoms with van der Waals surface area (Å²) in [6, 6.07) is 14.8. The summed E-state index contributed by atoms with van der Waals surface area (Å²) in [5.41, 5.74) is -0.0455. The van der Waals surface area contributed by atoms with Crippen LogP contribution in [0.1, 0.15) is 26.5 Å². The third-order valence-corrected chi connectivity index (χ3v) is 4.87. The fourth-order valence-electron chi connectivity index (χ4n) is 3.05. The van der Waals surface area contributed by atoms with Crippen molar-refractivity contribution in [1.82, 2.24) is 5.32 Å². The summed E-state index contributed by atoms with van der Waals surface area (Å²) in [5.74, 6) is -3.80. The summed E-state index contributed by atoms with van der Waals surface area (Å²) in [7, 11) is 2.79. The number of nitrogens with one attached hydrogen (secondary N) is 1. The Labute approximate surface area is 205 Å². The van der Waals surface area contributed by atoms with Crippen molar-refractivity contribution in [3.63, 3.8) is 0 Å². The van der Waals surface area contributed by atoms with E-state index in [0.717, 1.165) is 0 Å². The molecule has 0 saturated carbocycles. The first-order valence-corrected chi connectivity index (χ1v) is 10.6. The zero-order chi connectivity index (χ0) is 26.1. The molecule has 2 atom stereocenters. The van der Waals surface area contributed by atoms with E-state index < -0.39 is 36.0 Å². The Morgan fingerprint density at radius 3 is 1.86 bits per heavy atom. The molecule has 0 spiro atoms. The number of ether oxygens (including phenoxy) is 4. The number of hydrogen-bond donors (Lipinski definition) is 2. The lowest BCUT2D eigenvalue weighted by atomic mass is 10.1. The molecule has 2 N–H and O–H groups in total. The van der Waals surface area contributed by atoms with Crippen molar-refractivity contribution in [3.05, 3.63) is 83.8 Å². The molecule has 36 heavy (non-hydrogen) atoms. The van der Waals surface area contributed by atoms with Gasteiger partial charge in [0.2, 0.25) is 12.2 Å². The molecule has 0 bridgehead atoms. The van der Waals surface area contributed by atoms with Gasteiger partial charge in [0.15, 0.2) is 0 Å². The highest BCUT2D eigenvalue weighted by atomic mass is 16.6. The summed E-state index contributed by atoms with van der Waals surface area (Å²) < 4.78 is 25.6. The highest BCUT2D eigenvalue weighted by Crippen LogP contribution is 2.18. The second kappa shape index (κ2) is 12.1. The Hall–Kier alpha value is -4.80. The number of carboxylic acid groups (broad SMARTS) is 1. The van der Waals surface area contributed by atoms with E-state index in [2.05, 4.69) is 5.32 Å². The first-order chi connectivity index (χ1) is 17.3. The Morgan fingerprint density at radius 1 is 0.833 bits per heavy atom. The zero-order valence-electron chi connectivity index (χ0n) is 19.3. The minimum absolute atomic E-state index is 0.0126. The Morgan fingerprint density at radius 2 is 1.39 bits per heavy atom. The van der Waals surface area contributed by atoms with Crippen LogP contribution in [-0.2, 0) is 25.6 Å². The highest BCUT2D eigenvalue weighted by molar-refractivity contribution is 5.97. The maximum atomic E-state index is 13.0. The number of furan rings is 1. The number of hydrogen-bond acceptors (Lipinski definition) is 9. The van der Waals surface area contributed by atoms with E-state index >= 15 is 0 Å². The van der Waals surface area contributed by atoms with E-state index in [1.807, 2.05) is 0 Å². The largest absolute Gasteiger partial charge is 0.497 e. The molecule has 1 amide bonds.